The van der Waals surface area contributed by atoms with E-state index in [9.17, 15) is 14.4 Å². The van der Waals surface area contributed by atoms with Crippen molar-refractivity contribution in [1.29, 1.82) is 0 Å². The molecule has 0 aliphatic rings. The normalized spacial score (nSPS) is 10.3. The maximum absolute atomic E-state index is 11.9. The second-order valence-corrected chi connectivity index (χ2v) is 5.39. The largest absolute Gasteiger partial charge is 0.360 e. The number of carbonyl (C=O) groups is 3. The molecule has 1 heterocycles. The minimum Gasteiger partial charge on any atom is -0.360 e. The van der Waals surface area contributed by atoms with E-state index >= 15 is 0 Å². The maximum atomic E-state index is 11.9. The van der Waals surface area contributed by atoms with Gasteiger partial charge in [0.15, 0.2) is 11.6 Å². The zero-order valence-corrected chi connectivity index (χ0v) is 13.8. The Morgan fingerprint density at radius 1 is 1.17 bits per heavy atom. The van der Waals surface area contributed by atoms with Crippen molar-refractivity contribution < 1.29 is 18.9 Å². The number of amides is 2. The molecular weight excluding hydrogens is 310 g/mol. The molecule has 0 unspecified atom stereocenters. The molecule has 0 aliphatic heterocycles. The fourth-order valence-electron chi connectivity index (χ4n) is 2.19. The molecule has 126 valence electrons. The van der Waals surface area contributed by atoms with Gasteiger partial charge in [0.1, 0.15) is 5.76 Å². The molecule has 0 saturated heterocycles. The highest BCUT2D eigenvalue weighted by Crippen LogP contribution is 2.17. The smallest absolute Gasteiger partial charge is 0.227 e. The minimum absolute atomic E-state index is 0.0433. The standard InChI is InChI=1S/C17H19N3O4/c1-11-10-16(19-24-11)18-17(23)8-9-20(13(3)22)15-6-4-14(5-7-15)12(2)21/h4-7,10H,8-9H2,1-3H3,(H,18,19,23). The number of aryl methyl sites for hydroxylation is 1. The fourth-order valence-corrected chi connectivity index (χ4v) is 2.19. The van der Waals surface area contributed by atoms with E-state index in [1.54, 1.807) is 37.3 Å². The van der Waals surface area contributed by atoms with Gasteiger partial charge in [-0.05, 0) is 38.1 Å². The van der Waals surface area contributed by atoms with E-state index in [2.05, 4.69) is 10.5 Å². The van der Waals surface area contributed by atoms with Crippen LogP contribution in [0.3, 0.4) is 0 Å². The van der Waals surface area contributed by atoms with E-state index in [4.69, 9.17) is 4.52 Å². The summed E-state index contributed by atoms with van der Waals surface area (Å²) in [5, 5.41) is 6.29. The predicted octanol–water partition coefficient (Wildman–Crippen LogP) is 2.57. The van der Waals surface area contributed by atoms with Gasteiger partial charge < -0.3 is 14.7 Å². The Bertz CT molecular complexity index is 749. The zero-order chi connectivity index (χ0) is 17.7. The van der Waals surface area contributed by atoms with Crippen LogP contribution >= 0.6 is 0 Å². The number of ketones is 1. The van der Waals surface area contributed by atoms with Crippen LogP contribution in [0.4, 0.5) is 11.5 Å². The number of carbonyl (C=O) groups excluding carboxylic acids is 3. The Morgan fingerprint density at radius 2 is 1.83 bits per heavy atom. The number of nitrogens with one attached hydrogen (secondary N) is 1. The molecule has 0 spiro atoms. The highest BCUT2D eigenvalue weighted by Gasteiger charge is 2.14. The second-order valence-electron chi connectivity index (χ2n) is 5.39. The van der Waals surface area contributed by atoms with Gasteiger partial charge in [0.25, 0.3) is 0 Å². The molecular formula is C17H19N3O4. The number of benzene rings is 1. The van der Waals surface area contributed by atoms with Crippen LogP contribution in [0.25, 0.3) is 0 Å². The maximum Gasteiger partial charge on any atom is 0.227 e. The van der Waals surface area contributed by atoms with Gasteiger partial charge in [-0.15, -0.1) is 0 Å². The molecule has 0 bridgehead atoms. The van der Waals surface area contributed by atoms with E-state index < -0.39 is 0 Å². The van der Waals surface area contributed by atoms with Crippen LogP contribution in [0.5, 0.6) is 0 Å². The molecule has 2 aromatic rings. The summed E-state index contributed by atoms with van der Waals surface area (Å²) in [6.07, 6.45) is 0.111. The lowest BCUT2D eigenvalue weighted by molar-refractivity contribution is -0.117. The van der Waals surface area contributed by atoms with Crippen molar-refractivity contribution in [3.63, 3.8) is 0 Å². The van der Waals surface area contributed by atoms with Gasteiger partial charge in [0.2, 0.25) is 11.8 Å². The summed E-state index contributed by atoms with van der Waals surface area (Å²) >= 11 is 0. The van der Waals surface area contributed by atoms with E-state index in [1.807, 2.05) is 0 Å². The molecule has 0 fully saturated rings. The Hall–Kier alpha value is -2.96. The lowest BCUT2D eigenvalue weighted by Crippen LogP contribution is -2.32. The summed E-state index contributed by atoms with van der Waals surface area (Å²) in [6.45, 7) is 4.85. The zero-order valence-electron chi connectivity index (χ0n) is 13.8. The molecule has 7 nitrogen and oxygen atoms in total. The molecule has 0 aliphatic carbocycles. The number of rotatable bonds is 6. The molecule has 1 aromatic heterocycles. The van der Waals surface area contributed by atoms with Crippen molar-refractivity contribution in [3.05, 3.63) is 41.7 Å². The minimum atomic E-state index is -0.269. The molecule has 0 saturated carbocycles. The Labute approximate surface area is 139 Å². The predicted molar refractivity (Wildman–Crippen MR) is 89.0 cm³/mol. The first kappa shape index (κ1) is 17.4. The Kier molecular flexibility index (Phi) is 5.47. The summed E-state index contributed by atoms with van der Waals surface area (Å²) in [5.41, 5.74) is 1.21. The van der Waals surface area contributed by atoms with Crippen molar-refractivity contribution >= 4 is 29.1 Å². The van der Waals surface area contributed by atoms with E-state index in [-0.39, 0.29) is 30.6 Å². The summed E-state index contributed by atoms with van der Waals surface area (Å²) in [4.78, 5) is 36.6. The van der Waals surface area contributed by atoms with E-state index in [0.29, 0.717) is 22.8 Å². The molecule has 2 rings (SSSR count). The topological polar surface area (TPSA) is 92.5 Å². The van der Waals surface area contributed by atoms with Gasteiger partial charge in [-0.3, -0.25) is 14.4 Å². The molecule has 1 aromatic carbocycles. The molecule has 0 atom stereocenters. The third-order valence-electron chi connectivity index (χ3n) is 3.42. The van der Waals surface area contributed by atoms with Crippen LogP contribution in [0.2, 0.25) is 0 Å². The number of hydrogen-bond acceptors (Lipinski definition) is 5. The highest BCUT2D eigenvalue weighted by atomic mass is 16.5. The van der Waals surface area contributed by atoms with Crippen molar-refractivity contribution in [3.8, 4) is 0 Å². The van der Waals surface area contributed by atoms with Crippen molar-refractivity contribution in [2.75, 3.05) is 16.8 Å². The third-order valence-corrected chi connectivity index (χ3v) is 3.42. The highest BCUT2D eigenvalue weighted by molar-refractivity contribution is 5.96. The summed E-state index contributed by atoms with van der Waals surface area (Å²) in [6, 6.07) is 8.31. The van der Waals surface area contributed by atoms with Gasteiger partial charge in [-0.25, -0.2) is 0 Å². The first-order chi connectivity index (χ1) is 11.4. The second kappa shape index (κ2) is 7.54. The van der Waals surface area contributed by atoms with Gasteiger partial charge >= 0.3 is 0 Å². The summed E-state index contributed by atoms with van der Waals surface area (Å²) in [5.74, 6) is 0.447. The number of Topliss-reactive ketones (excluding diaryl/α,β-unsaturated/α-hetero) is 1. The van der Waals surface area contributed by atoms with Crippen LogP contribution in [-0.2, 0) is 9.59 Å². The average molecular weight is 329 g/mol. The van der Waals surface area contributed by atoms with Crippen molar-refractivity contribution in [2.45, 2.75) is 27.2 Å². The van der Waals surface area contributed by atoms with E-state index in [0.717, 1.165) is 0 Å². The van der Waals surface area contributed by atoms with E-state index in [1.165, 1.54) is 18.7 Å². The van der Waals surface area contributed by atoms with Gasteiger partial charge in [-0.2, -0.15) is 0 Å². The molecule has 2 amide bonds. The number of nitrogens with zero attached hydrogens (tertiary/aromatic N) is 2. The van der Waals surface area contributed by atoms with Crippen LogP contribution < -0.4 is 10.2 Å². The fraction of sp³-hybridized carbons (Fsp3) is 0.294. The van der Waals surface area contributed by atoms with Crippen LogP contribution in [0, 0.1) is 6.92 Å². The molecule has 1 N–H and O–H groups in total. The lowest BCUT2D eigenvalue weighted by atomic mass is 10.1. The number of anilines is 2. The van der Waals surface area contributed by atoms with Crippen LogP contribution in [-0.4, -0.2) is 29.3 Å². The lowest BCUT2D eigenvalue weighted by Gasteiger charge is -2.21. The average Bonchev–Trinajstić information content (AvgIpc) is 2.92. The van der Waals surface area contributed by atoms with Gasteiger partial charge in [-0.1, -0.05) is 5.16 Å². The quantitative estimate of drug-likeness (QED) is 0.822. The summed E-state index contributed by atoms with van der Waals surface area (Å²) in [7, 11) is 0. The molecule has 0 radical (unpaired) electrons. The first-order valence-electron chi connectivity index (χ1n) is 7.49. The molecule has 7 heteroatoms. The SMILES string of the molecule is CC(=O)c1ccc(N(CCC(=O)Nc2cc(C)on2)C(C)=O)cc1. The van der Waals surface area contributed by atoms with Gasteiger partial charge in [0.05, 0.1) is 0 Å². The van der Waals surface area contributed by atoms with Crippen LogP contribution in [0.1, 0.15) is 36.4 Å². The Morgan fingerprint density at radius 3 is 2.33 bits per heavy atom. The first-order valence-corrected chi connectivity index (χ1v) is 7.49. The Balaban J connectivity index is 1.99. The monoisotopic (exact) mass is 329 g/mol. The van der Waals surface area contributed by atoms with Crippen molar-refractivity contribution in [2.24, 2.45) is 0 Å². The third kappa shape index (κ3) is 4.52. The van der Waals surface area contributed by atoms with Gasteiger partial charge in [0, 0.05) is 37.2 Å². The number of aromatic nitrogens is 1. The van der Waals surface area contributed by atoms with Crippen LogP contribution in [0.15, 0.2) is 34.9 Å². The molecule has 24 heavy (non-hydrogen) atoms. The number of hydrogen-bond donors (Lipinski definition) is 1. The van der Waals surface area contributed by atoms with Crippen molar-refractivity contribution in [1.82, 2.24) is 5.16 Å². The summed E-state index contributed by atoms with van der Waals surface area (Å²) < 4.78 is 4.87.